The molecule has 0 aliphatic rings. The standard InChI is InChI=1S/C19H14F3N5/c20-19(21,22)15-9-5-4-8-13(15)10-27-11-14-16(23)24-17(25-18(14)26-27)12-6-2-1-3-7-12/h1-9,11H,10H2,(H2,23,24,25,26). The molecule has 0 unspecified atom stereocenters. The second-order valence-corrected chi connectivity index (χ2v) is 6.02. The van der Waals surface area contributed by atoms with Crippen molar-refractivity contribution in [1.82, 2.24) is 19.7 Å². The molecule has 27 heavy (non-hydrogen) atoms. The van der Waals surface area contributed by atoms with Gasteiger partial charge in [-0.1, -0.05) is 48.5 Å². The van der Waals surface area contributed by atoms with Crippen LogP contribution in [-0.2, 0) is 12.7 Å². The maximum absolute atomic E-state index is 13.2. The van der Waals surface area contributed by atoms with Gasteiger partial charge in [0.1, 0.15) is 5.82 Å². The zero-order chi connectivity index (χ0) is 19.0. The van der Waals surface area contributed by atoms with Crippen LogP contribution in [0.25, 0.3) is 22.4 Å². The van der Waals surface area contributed by atoms with Gasteiger partial charge in [-0.3, -0.25) is 4.68 Å². The Kier molecular flexibility index (Phi) is 4.02. The summed E-state index contributed by atoms with van der Waals surface area (Å²) in [5.74, 6) is 0.649. The normalized spacial score (nSPS) is 11.8. The van der Waals surface area contributed by atoms with Gasteiger partial charge in [0.05, 0.1) is 17.5 Å². The zero-order valence-corrected chi connectivity index (χ0v) is 14.0. The summed E-state index contributed by atoms with van der Waals surface area (Å²) in [6.07, 6.45) is -2.87. The lowest BCUT2D eigenvalue weighted by molar-refractivity contribution is -0.138. The number of hydrogen-bond acceptors (Lipinski definition) is 4. The fourth-order valence-electron chi connectivity index (χ4n) is 2.88. The Balaban J connectivity index is 1.74. The third-order valence-electron chi connectivity index (χ3n) is 4.14. The molecule has 8 heteroatoms. The summed E-state index contributed by atoms with van der Waals surface area (Å²) in [6, 6.07) is 14.7. The molecule has 0 aliphatic carbocycles. The lowest BCUT2D eigenvalue weighted by Crippen LogP contribution is -2.11. The fraction of sp³-hybridized carbons (Fsp3) is 0.105. The van der Waals surface area contributed by atoms with E-state index in [1.54, 1.807) is 12.3 Å². The first-order valence-corrected chi connectivity index (χ1v) is 8.13. The first-order chi connectivity index (χ1) is 12.9. The maximum atomic E-state index is 13.2. The number of nitrogen functional groups attached to an aromatic ring is 1. The molecule has 0 spiro atoms. The highest BCUT2D eigenvalue weighted by Crippen LogP contribution is 2.32. The molecule has 2 aromatic carbocycles. The van der Waals surface area contributed by atoms with Crippen LogP contribution in [0.3, 0.4) is 0 Å². The molecule has 0 fully saturated rings. The van der Waals surface area contributed by atoms with E-state index in [0.717, 1.165) is 11.6 Å². The smallest absolute Gasteiger partial charge is 0.383 e. The molecule has 0 aliphatic heterocycles. The average molecular weight is 369 g/mol. The summed E-state index contributed by atoms with van der Waals surface area (Å²) >= 11 is 0. The van der Waals surface area contributed by atoms with Crippen molar-refractivity contribution in [3.63, 3.8) is 0 Å². The lowest BCUT2D eigenvalue weighted by atomic mass is 10.1. The van der Waals surface area contributed by atoms with E-state index < -0.39 is 11.7 Å². The van der Waals surface area contributed by atoms with E-state index in [2.05, 4.69) is 15.1 Å². The molecule has 4 aromatic rings. The van der Waals surface area contributed by atoms with Gasteiger partial charge in [0.15, 0.2) is 11.5 Å². The van der Waals surface area contributed by atoms with Crippen molar-refractivity contribution in [1.29, 1.82) is 0 Å². The van der Waals surface area contributed by atoms with Gasteiger partial charge in [-0.05, 0) is 11.6 Å². The molecule has 4 rings (SSSR count). The van der Waals surface area contributed by atoms with E-state index in [1.807, 2.05) is 30.3 Å². The molecular weight excluding hydrogens is 355 g/mol. The molecule has 2 heterocycles. The average Bonchev–Trinajstić information content (AvgIpc) is 3.05. The largest absolute Gasteiger partial charge is 0.416 e. The number of halogens is 3. The SMILES string of the molecule is Nc1nc(-c2ccccc2)nc2nn(Cc3ccccc3C(F)(F)F)cc12. The summed E-state index contributed by atoms with van der Waals surface area (Å²) in [5.41, 5.74) is 6.57. The van der Waals surface area contributed by atoms with Crippen molar-refractivity contribution < 1.29 is 13.2 Å². The van der Waals surface area contributed by atoms with Crippen molar-refractivity contribution in [3.05, 3.63) is 71.9 Å². The summed E-state index contributed by atoms with van der Waals surface area (Å²) < 4.78 is 41.0. The summed E-state index contributed by atoms with van der Waals surface area (Å²) in [5, 5.41) is 4.80. The van der Waals surface area contributed by atoms with E-state index >= 15 is 0 Å². The van der Waals surface area contributed by atoms with Crippen molar-refractivity contribution in [3.8, 4) is 11.4 Å². The van der Waals surface area contributed by atoms with Crippen molar-refractivity contribution in [2.45, 2.75) is 12.7 Å². The van der Waals surface area contributed by atoms with Crippen molar-refractivity contribution in [2.24, 2.45) is 0 Å². The molecule has 0 bridgehead atoms. The first kappa shape index (κ1) is 17.0. The van der Waals surface area contributed by atoms with Crippen LogP contribution in [0.1, 0.15) is 11.1 Å². The Bertz CT molecular complexity index is 1100. The number of fused-ring (bicyclic) bond motifs is 1. The van der Waals surface area contributed by atoms with E-state index in [9.17, 15) is 13.2 Å². The highest BCUT2D eigenvalue weighted by molar-refractivity contribution is 5.86. The van der Waals surface area contributed by atoms with Crippen molar-refractivity contribution in [2.75, 3.05) is 5.73 Å². The molecule has 0 amide bonds. The fourth-order valence-corrected chi connectivity index (χ4v) is 2.88. The van der Waals surface area contributed by atoms with E-state index in [1.165, 1.54) is 16.8 Å². The predicted octanol–water partition coefficient (Wildman–Crippen LogP) is 4.14. The lowest BCUT2D eigenvalue weighted by Gasteiger charge is -2.12. The predicted molar refractivity (Wildman–Crippen MR) is 95.7 cm³/mol. The number of rotatable bonds is 3. The Morgan fingerprint density at radius 1 is 0.926 bits per heavy atom. The minimum absolute atomic E-state index is 0.0495. The van der Waals surface area contributed by atoms with Gasteiger partial charge in [0, 0.05) is 11.8 Å². The number of benzene rings is 2. The number of anilines is 1. The molecule has 2 N–H and O–H groups in total. The number of nitrogens with two attached hydrogens (primary N) is 1. The number of nitrogens with zero attached hydrogens (tertiary/aromatic N) is 4. The second kappa shape index (κ2) is 6.39. The summed E-state index contributed by atoms with van der Waals surface area (Å²) in [7, 11) is 0. The molecular formula is C19H14F3N5. The van der Waals surface area contributed by atoms with Crippen LogP contribution < -0.4 is 5.73 Å². The third-order valence-corrected chi connectivity index (χ3v) is 4.14. The van der Waals surface area contributed by atoms with Gasteiger partial charge in [-0.2, -0.15) is 18.3 Å². The quantitative estimate of drug-likeness (QED) is 0.589. The van der Waals surface area contributed by atoms with Gasteiger partial charge in [-0.15, -0.1) is 0 Å². The Hall–Kier alpha value is -3.42. The highest BCUT2D eigenvalue weighted by Gasteiger charge is 2.33. The molecule has 136 valence electrons. The maximum Gasteiger partial charge on any atom is 0.416 e. The summed E-state index contributed by atoms with van der Waals surface area (Å²) in [4.78, 5) is 8.68. The zero-order valence-electron chi connectivity index (χ0n) is 14.0. The monoisotopic (exact) mass is 369 g/mol. The van der Waals surface area contributed by atoms with Crippen LogP contribution in [0.15, 0.2) is 60.8 Å². The topological polar surface area (TPSA) is 69.6 Å². The summed E-state index contributed by atoms with van der Waals surface area (Å²) in [6.45, 7) is -0.0495. The minimum Gasteiger partial charge on any atom is -0.383 e. The van der Waals surface area contributed by atoms with Crippen LogP contribution in [0.5, 0.6) is 0 Å². The van der Waals surface area contributed by atoms with Crippen LogP contribution in [-0.4, -0.2) is 19.7 Å². The third kappa shape index (κ3) is 3.33. The molecule has 0 atom stereocenters. The van der Waals surface area contributed by atoms with Crippen LogP contribution in [0, 0.1) is 0 Å². The van der Waals surface area contributed by atoms with Gasteiger partial charge < -0.3 is 5.73 Å². The Labute approximate surface area is 152 Å². The van der Waals surface area contributed by atoms with Gasteiger partial charge in [0.2, 0.25) is 0 Å². The van der Waals surface area contributed by atoms with Crippen LogP contribution >= 0.6 is 0 Å². The number of hydrogen-bond donors (Lipinski definition) is 1. The first-order valence-electron chi connectivity index (χ1n) is 8.13. The van der Waals surface area contributed by atoms with Gasteiger partial charge in [-0.25, -0.2) is 9.97 Å². The Morgan fingerprint density at radius 2 is 1.63 bits per heavy atom. The molecule has 2 aromatic heterocycles. The molecule has 0 radical (unpaired) electrons. The molecule has 0 saturated heterocycles. The van der Waals surface area contributed by atoms with Crippen LogP contribution in [0.2, 0.25) is 0 Å². The molecule has 0 saturated carbocycles. The van der Waals surface area contributed by atoms with Crippen LogP contribution in [0.4, 0.5) is 19.0 Å². The minimum atomic E-state index is -4.43. The van der Waals surface area contributed by atoms with E-state index in [4.69, 9.17) is 5.73 Å². The van der Waals surface area contributed by atoms with E-state index in [-0.39, 0.29) is 17.9 Å². The number of alkyl halides is 3. The second-order valence-electron chi connectivity index (χ2n) is 6.02. The van der Waals surface area contributed by atoms with Gasteiger partial charge in [0.25, 0.3) is 0 Å². The molecule has 5 nitrogen and oxygen atoms in total. The van der Waals surface area contributed by atoms with Crippen molar-refractivity contribution >= 4 is 16.9 Å². The number of aromatic nitrogens is 4. The highest BCUT2D eigenvalue weighted by atomic mass is 19.4. The van der Waals surface area contributed by atoms with E-state index in [0.29, 0.717) is 16.9 Å². The van der Waals surface area contributed by atoms with Gasteiger partial charge >= 0.3 is 6.18 Å². The Morgan fingerprint density at radius 3 is 2.37 bits per heavy atom.